The summed E-state index contributed by atoms with van der Waals surface area (Å²) in [5.74, 6) is 1.27. The van der Waals surface area contributed by atoms with E-state index in [2.05, 4.69) is 10.1 Å². The lowest BCUT2D eigenvalue weighted by molar-refractivity contribution is -0.154. The summed E-state index contributed by atoms with van der Waals surface area (Å²) in [5, 5.41) is 5.74. The average molecular weight is 496 g/mol. The standard InChI is InChI=1S/C27H30ClN3O4/c1-16(2)33-23-11-8-18(13-21(23)28)26-29-25(30-35-26)17-7-10-20-19(15-31(6)22(20)14-17)9-12-24(32)34-27(3,4)5/h7-8,10-11,13-16H,9,12H2,1-6H3. The summed E-state index contributed by atoms with van der Waals surface area (Å²) in [5.41, 5.74) is 3.18. The molecule has 0 radical (unpaired) electrons. The fraction of sp³-hybridized carbons (Fsp3) is 0.370. The van der Waals surface area contributed by atoms with E-state index in [4.69, 9.17) is 25.6 Å². The van der Waals surface area contributed by atoms with Gasteiger partial charge < -0.3 is 18.6 Å². The molecule has 0 saturated heterocycles. The van der Waals surface area contributed by atoms with Gasteiger partial charge in [-0.25, -0.2) is 0 Å². The van der Waals surface area contributed by atoms with Crippen molar-refractivity contribution in [2.24, 2.45) is 7.05 Å². The van der Waals surface area contributed by atoms with E-state index in [1.165, 1.54) is 0 Å². The number of carbonyl (C=O) groups excluding carboxylic acids is 1. The van der Waals surface area contributed by atoms with Crippen LogP contribution in [-0.4, -0.2) is 32.4 Å². The van der Waals surface area contributed by atoms with Crippen molar-refractivity contribution < 1.29 is 18.8 Å². The highest BCUT2D eigenvalue weighted by atomic mass is 35.5. The number of carbonyl (C=O) groups is 1. The normalized spacial score (nSPS) is 11.9. The third kappa shape index (κ3) is 5.85. The molecule has 0 aliphatic carbocycles. The summed E-state index contributed by atoms with van der Waals surface area (Å²) >= 11 is 6.36. The van der Waals surface area contributed by atoms with Crippen molar-refractivity contribution in [1.82, 2.24) is 14.7 Å². The number of halogens is 1. The van der Waals surface area contributed by atoms with Crippen molar-refractivity contribution in [3.8, 4) is 28.6 Å². The van der Waals surface area contributed by atoms with Gasteiger partial charge in [-0.3, -0.25) is 4.79 Å². The molecule has 0 aliphatic heterocycles. The molecule has 0 amide bonds. The molecule has 4 rings (SSSR count). The van der Waals surface area contributed by atoms with Gasteiger partial charge in [0, 0.05) is 41.7 Å². The molecule has 35 heavy (non-hydrogen) atoms. The summed E-state index contributed by atoms with van der Waals surface area (Å²) < 4.78 is 18.7. The van der Waals surface area contributed by atoms with Crippen LogP contribution < -0.4 is 4.74 Å². The van der Waals surface area contributed by atoms with Gasteiger partial charge in [-0.1, -0.05) is 28.9 Å². The smallest absolute Gasteiger partial charge is 0.306 e. The summed E-state index contributed by atoms with van der Waals surface area (Å²) in [6.07, 6.45) is 3.01. The molecule has 0 bridgehead atoms. The first-order chi connectivity index (χ1) is 16.5. The third-order valence-electron chi connectivity index (χ3n) is 5.32. The zero-order chi connectivity index (χ0) is 25.3. The first-order valence-electron chi connectivity index (χ1n) is 11.6. The Kier molecular flexibility index (Phi) is 6.90. The van der Waals surface area contributed by atoms with Crippen LogP contribution >= 0.6 is 11.6 Å². The van der Waals surface area contributed by atoms with Gasteiger partial charge in [0.05, 0.1) is 11.1 Å². The molecule has 0 saturated carbocycles. The van der Waals surface area contributed by atoms with Crippen molar-refractivity contribution in [2.45, 2.75) is 59.2 Å². The van der Waals surface area contributed by atoms with Gasteiger partial charge in [0.25, 0.3) is 5.89 Å². The average Bonchev–Trinajstić information content (AvgIpc) is 3.37. The van der Waals surface area contributed by atoms with Crippen molar-refractivity contribution in [3.05, 3.63) is 53.2 Å². The molecule has 0 unspecified atom stereocenters. The lowest BCUT2D eigenvalue weighted by atomic mass is 10.1. The number of esters is 1. The van der Waals surface area contributed by atoms with Gasteiger partial charge >= 0.3 is 5.97 Å². The summed E-state index contributed by atoms with van der Waals surface area (Å²) in [4.78, 5) is 16.7. The fourth-order valence-electron chi connectivity index (χ4n) is 3.88. The van der Waals surface area contributed by atoms with Crippen LogP contribution in [0.15, 0.2) is 47.1 Å². The number of aromatic nitrogens is 3. The lowest BCUT2D eigenvalue weighted by Crippen LogP contribution is -2.23. The Morgan fingerprint density at radius 3 is 2.57 bits per heavy atom. The molecule has 7 nitrogen and oxygen atoms in total. The first kappa shape index (κ1) is 24.8. The fourth-order valence-corrected chi connectivity index (χ4v) is 4.10. The first-order valence-corrected chi connectivity index (χ1v) is 12.0. The maximum atomic E-state index is 12.1. The van der Waals surface area contributed by atoms with E-state index in [1.807, 2.05) is 76.7 Å². The van der Waals surface area contributed by atoms with Crippen molar-refractivity contribution in [2.75, 3.05) is 0 Å². The van der Waals surface area contributed by atoms with Crippen LogP contribution in [0.2, 0.25) is 5.02 Å². The zero-order valence-corrected chi connectivity index (χ0v) is 21.6. The lowest BCUT2D eigenvalue weighted by Gasteiger charge is -2.19. The van der Waals surface area contributed by atoms with E-state index in [-0.39, 0.29) is 12.1 Å². The maximum Gasteiger partial charge on any atom is 0.306 e. The van der Waals surface area contributed by atoms with Crippen molar-refractivity contribution in [1.29, 1.82) is 0 Å². The van der Waals surface area contributed by atoms with E-state index < -0.39 is 5.60 Å². The van der Waals surface area contributed by atoms with Crippen LogP contribution in [0.3, 0.4) is 0 Å². The SMILES string of the molecule is CC(C)Oc1ccc(-c2nc(-c3ccc4c(CCC(=O)OC(C)(C)C)cn(C)c4c3)no2)cc1Cl. The van der Waals surface area contributed by atoms with Crippen LogP contribution in [0, 0.1) is 0 Å². The molecule has 184 valence electrons. The van der Waals surface area contributed by atoms with E-state index >= 15 is 0 Å². The van der Waals surface area contributed by atoms with Crippen LogP contribution in [0.25, 0.3) is 33.7 Å². The van der Waals surface area contributed by atoms with Crippen LogP contribution in [0.5, 0.6) is 5.75 Å². The van der Waals surface area contributed by atoms with E-state index in [9.17, 15) is 4.79 Å². The molecular weight excluding hydrogens is 466 g/mol. The molecule has 0 spiro atoms. The second-order valence-corrected chi connectivity index (χ2v) is 10.2. The Hall–Kier alpha value is -3.32. The summed E-state index contributed by atoms with van der Waals surface area (Å²) in [6.45, 7) is 9.51. The molecule has 2 aromatic carbocycles. The summed E-state index contributed by atoms with van der Waals surface area (Å²) in [7, 11) is 1.98. The Morgan fingerprint density at radius 2 is 1.89 bits per heavy atom. The molecule has 2 aromatic heterocycles. The van der Waals surface area contributed by atoms with Gasteiger partial charge in [-0.05, 0) is 70.9 Å². The molecule has 4 aromatic rings. The van der Waals surface area contributed by atoms with Gasteiger partial charge in [-0.2, -0.15) is 4.98 Å². The highest BCUT2D eigenvalue weighted by molar-refractivity contribution is 6.32. The van der Waals surface area contributed by atoms with Gasteiger partial charge in [0.2, 0.25) is 5.82 Å². The molecule has 0 fully saturated rings. The van der Waals surface area contributed by atoms with Crippen LogP contribution in [-0.2, 0) is 23.0 Å². The number of fused-ring (bicyclic) bond motifs is 1. The second-order valence-electron chi connectivity index (χ2n) is 9.82. The minimum atomic E-state index is -0.483. The predicted molar refractivity (Wildman–Crippen MR) is 137 cm³/mol. The molecular formula is C27H30ClN3O4. The topological polar surface area (TPSA) is 79.4 Å². The Balaban J connectivity index is 1.54. The van der Waals surface area contributed by atoms with Crippen molar-refractivity contribution >= 4 is 28.5 Å². The Morgan fingerprint density at radius 1 is 1.14 bits per heavy atom. The van der Waals surface area contributed by atoms with Gasteiger partial charge in [0.15, 0.2) is 0 Å². The monoisotopic (exact) mass is 495 g/mol. The van der Waals surface area contributed by atoms with Gasteiger partial charge in [-0.15, -0.1) is 0 Å². The second kappa shape index (κ2) is 9.74. The molecule has 0 N–H and O–H groups in total. The number of hydrogen-bond donors (Lipinski definition) is 0. The van der Waals surface area contributed by atoms with Crippen LogP contribution in [0.1, 0.15) is 46.6 Å². The van der Waals surface area contributed by atoms with E-state index in [1.54, 1.807) is 12.1 Å². The number of ether oxygens (including phenoxy) is 2. The number of hydrogen-bond acceptors (Lipinski definition) is 6. The number of aryl methyl sites for hydroxylation is 2. The quantitative estimate of drug-likeness (QED) is 0.268. The highest BCUT2D eigenvalue weighted by Crippen LogP contribution is 2.32. The molecule has 0 atom stereocenters. The number of rotatable bonds is 7. The molecule has 8 heteroatoms. The summed E-state index contributed by atoms with van der Waals surface area (Å²) in [6, 6.07) is 11.4. The molecule has 0 aliphatic rings. The van der Waals surface area contributed by atoms with Crippen molar-refractivity contribution in [3.63, 3.8) is 0 Å². The number of nitrogens with zero attached hydrogens (tertiary/aromatic N) is 3. The maximum absolute atomic E-state index is 12.1. The predicted octanol–water partition coefficient (Wildman–Crippen LogP) is 6.61. The van der Waals surface area contributed by atoms with E-state index in [0.717, 1.165) is 22.0 Å². The Bertz CT molecular complexity index is 1360. The zero-order valence-electron chi connectivity index (χ0n) is 20.9. The third-order valence-corrected chi connectivity index (χ3v) is 5.61. The number of benzene rings is 2. The van der Waals surface area contributed by atoms with Gasteiger partial charge in [0.1, 0.15) is 11.4 Å². The minimum absolute atomic E-state index is 0.0265. The largest absolute Gasteiger partial charge is 0.489 e. The Labute approximate surface area is 210 Å². The molecule has 2 heterocycles. The minimum Gasteiger partial charge on any atom is -0.489 e. The van der Waals surface area contributed by atoms with E-state index in [0.29, 0.717) is 40.9 Å². The highest BCUT2D eigenvalue weighted by Gasteiger charge is 2.18. The van der Waals surface area contributed by atoms with Crippen LogP contribution in [0.4, 0.5) is 0 Å².